The smallest absolute Gasteiger partial charge is 0.250 e. The van der Waals surface area contributed by atoms with Crippen molar-refractivity contribution in [2.75, 3.05) is 17.3 Å². The van der Waals surface area contributed by atoms with Gasteiger partial charge in [0.05, 0.1) is 6.20 Å². The van der Waals surface area contributed by atoms with E-state index in [4.69, 9.17) is 4.52 Å². The molecule has 0 amide bonds. The van der Waals surface area contributed by atoms with Crippen molar-refractivity contribution in [3.8, 4) is 0 Å². The van der Waals surface area contributed by atoms with E-state index < -0.39 is 0 Å². The number of aryl methyl sites for hydroxylation is 1. The van der Waals surface area contributed by atoms with Crippen LogP contribution in [0.5, 0.6) is 0 Å². The minimum atomic E-state index is 0.364. The number of anilines is 4. The van der Waals surface area contributed by atoms with Crippen LogP contribution in [-0.4, -0.2) is 27.4 Å². The molecule has 0 saturated heterocycles. The summed E-state index contributed by atoms with van der Waals surface area (Å²) in [5, 5.41) is 14.7. The van der Waals surface area contributed by atoms with Gasteiger partial charge in [-0.2, -0.15) is 10.1 Å². The number of nitrogens with zero attached hydrogens (tertiary/aromatic N) is 5. The molecular weight excluding hydrogens is 268 g/mol. The maximum Gasteiger partial charge on any atom is 0.250 e. The van der Waals surface area contributed by atoms with E-state index in [9.17, 15) is 0 Å². The summed E-state index contributed by atoms with van der Waals surface area (Å²) >= 11 is 0. The monoisotopic (exact) mass is 282 g/mol. The molecule has 7 heteroatoms. The summed E-state index contributed by atoms with van der Waals surface area (Å²) in [6.07, 6.45) is 1.60. The van der Waals surface area contributed by atoms with Crippen molar-refractivity contribution in [1.29, 1.82) is 0 Å². The van der Waals surface area contributed by atoms with E-state index in [1.807, 2.05) is 49.2 Å². The Labute approximate surface area is 121 Å². The zero-order chi connectivity index (χ0) is 14.7. The predicted octanol–water partition coefficient (Wildman–Crippen LogP) is 2.68. The molecule has 0 radical (unpaired) electrons. The Bertz CT molecular complexity index is 727. The molecule has 3 aromatic rings. The van der Waals surface area contributed by atoms with Gasteiger partial charge in [0.25, 0.3) is 0 Å². The summed E-state index contributed by atoms with van der Waals surface area (Å²) in [7, 11) is 1.92. The molecule has 1 N–H and O–H groups in total. The first kappa shape index (κ1) is 13.0. The summed E-state index contributed by atoms with van der Waals surface area (Å²) in [4.78, 5) is 6.34. The van der Waals surface area contributed by atoms with E-state index >= 15 is 0 Å². The average molecular weight is 282 g/mol. The van der Waals surface area contributed by atoms with Crippen molar-refractivity contribution in [3.05, 3.63) is 48.4 Å². The van der Waals surface area contributed by atoms with Gasteiger partial charge in [-0.1, -0.05) is 23.4 Å². The molecule has 0 fully saturated rings. The number of para-hydroxylation sites is 1. The minimum Gasteiger partial charge on any atom is -0.360 e. The lowest BCUT2D eigenvalue weighted by atomic mass is 10.3. The van der Waals surface area contributed by atoms with Gasteiger partial charge in [-0.3, -0.25) is 0 Å². The van der Waals surface area contributed by atoms with Crippen LogP contribution in [0.15, 0.2) is 47.1 Å². The van der Waals surface area contributed by atoms with E-state index in [1.54, 1.807) is 12.3 Å². The van der Waals surface area contributed by atoms with Gasteiger partial charge in [-0.15, -0.1) is 5.10 Å². The molecule has 1 aromatic carbocycles. The third-order valence-electron chi connectivity index (χ3n) is 2.90. The lowest BCUT2D eigenvalue weighted by Crippen LogP contribution is -2.13. The first-order chi connectivity index (χ1) is 10.2. The van der Waals surface area contributed by atoms with Crippen LogP contribution >= 0.6 is 0 Å². The quantitative estimate of drug-likeness (QED) is 0.787. The highest BCUT2D eigenvalue weighted by Gasteiger charge is 2.09. The topological polar surface area (TPSA) is 80.0 Å². The SMILES string of the molecule is Cc1cc(Nc2nncc(N(C)c3ccccc3)n2)no1. The highest BCUT2D eigenvalue weighted by Crippen LogP contribution is 2.21. The van der Waals surface area contributed by atoms with Crippen LogP contribution in [0.4, 0.5) is 23.3 Å². The number of hydrogen-bond acceptors (Lipinski definition) is 7. The van der Waals surface area contributed by atoms with Gasteiger partial charge >= 0.3 is 0 Å². The lowest BCUT2D eigenvalue weighted by molar-refractivity contribution is 0.400. The van der Waals surface area contributed by atoms with Crippen LogP contribution < -0.4 is 10.2 Å². The Morgan fingerprint density at radius 3 is 2.71 bits per heavy atom. The largest absolute Gasteiger partial charge is 0.360 e. The van der Waals surface area contributed by atoms with Gasteiger partial charge < -0.3 is 14.7 Å². The predicted molar refractivity (Wildman–Crippen MR) is 78.9 cm³/mol. The Hall–Kier alpha value is -2.96. The zero-order valence-corrected chi connectivity index (χ0v) is 11.7. The summed E-state index contributed by atoms with van der Waals surface area (Å²) < 4.78 is 4.98. The fraction of sp³-hybridized carbons (Fsp3) is 0.143. The minimum absolute atomic E-state index is 0.364. The van der Waals surface area contributed by atoms with Crippen molar-refractivity contribution in [3.63, 3.8) is 0 Å². The third kappa shape index (κ3) is 2.97. The number of rotatable bonds is 4. The molecule has 21 heavy (non-hydrogen) atoms. The second-order valence-corrected chi connectivity index (χ2v) is 4.48. The van der Waals surface area contributed by atoms with Gasteiger partial charge in [-0.25, -0.2) is 0 Å². The van der Waals surface area contributed by atoms with Crippen LogP contribution in [-0.2, 0) is 0 Å². The highest BCUT2D eigenvalue weighted by atomic mass is 16.5. The average Bonchev–Trinajstić information content (AvgIpc) is 2.93. The van der Waals surface area contributed by atoms with Crippen LogP contribution in [0, 0.1) is 6.92 Å². The Balaban J connectivity index is 1.83. The normalized spacial score (nSPS) is 10.4. The van der Waals surface area contributed by atoms with Gasteiger partial charge in [-0.05, 0) is 19.1 Å². The van der Waals surface area contributed by atoms with Gasteiger partial charge in [0.15, 0.2) is 11.6 Å². The molecule has 106 valence electrons. The summed E-state index contributed by atoms with van der Waals surface area (Å²) in [6.45, 7) is 1.82. The fourth-order valence-electron chi connectivity index (χ4n) is 1.83. The molecule has 0 aliphatic heterocycles. The molecule has 0 unspecified atom stereocenters. The molecule has 2 heterocycles. The molecule has 0 atom stereocenters. The number of hydrogen-bond donors (Lipinski definition) is 1. The maximum atomic E-state index is 4.98. The molecule has 3 rings (SSSR count). The van der Waals surface area contributed by atoms with E-state index in [-0.39, 0.29) is 0 Å². The molecule has 0 aliphatic carbocycles. The zero-order valence-electron chi connectivity index (χ0n) is 11.7. The van der Waals surface area contributed by atoms with E-state index in [1.165, 1.54) is 0 Å². The molecule has 0 aliphatic rings. The van der Waals surface area contributed by atoms with Crippen molar-refractivity contribution < 1.29 is 4.52 Å². The van der Waals surface area contributed by atoms with Crippen molar-refractivity contribution >= 4 is 23.3 Å². The van der Waals surface area contributed by atoms with Gasteiger partial charge in [0.2, 0.25) is 5.95 Å². The maximum absolute atomic E-state index is 4.98. The standard InChI is InChI=1S/C14H14N6O/c1-10-8-12(19-21-10)16-14-17-13(9-15-18-14)20(2)11-6-4-3-5-7-11/h3-9H,1-2H3,(H,16,17,18,19). The van der Waals surface area contributed by atoms with Gasteiger partial charge in [0.1, 0.15) is 5.76 Å². The Kier molecular flexibility index (Phi) is 3.46. The van der Waals surface area contributed by atoms with Crippen LogP contribution in [0.1, 0.15) is 5.76 Å². The number of aromatic nitrogens is 4. The first-order valence-corrected chi connectivity index (χ1v) is 6.41. The van der Waals surface area contributed by atoms with Crippen molar-refractivity contribution in [2.24, 2.45) is 0 Å². The molecule has 0 spiro atoms. The van der Waals surface area contributed by atoms with E-state index in [0.29, 0.717) is 23.3 Å². The first-order valence-electron chi connectivity index (χ1n) is 6.41. The number of benzene rings is 1. The fourth-order valence-corrected chi connectivity index (χ4v) is 1.83. The second kappa shape index (κ2) is 5.58. The summed E-state index contributed by atoms with van der Waals surface area (Å²) in [6, 6.07) is 11.7. The second-order valence-electron chi connectivity index (χ2n) is 4.48. The Morgan fingerprint density at radius 1 is 1.19 bits per heavy atom. The molecule has 7 nitrogen and oxygen atoms in total. The molecule has 0 bridgehead atoms. The summed E-state index contributed by atoms with van der Waals surface area (Å²) in [5.41, 5.74) is 1.02. The van der Waals surface area contributed by atoms with E-state index in [0.717, 1.165) is 5.69 Å². The molecular formula is C14H14N6O. The van der Waals surface area contributed by atoms with Crippen molar-refractivity contribution in [1.82, 2.24) is 20.3 Å². The van der Waals surface area contributed by atoms with Crippen LogP contribution in [0.2, 0.25) is 0 Å². The van der Waals surface area contributed by atoms with E-state index in [2.05, 4.69) is 25.7 Å². The van der Waals surface area contributed by atoms with Gasteiger partial charge in [0, 0.05) is 18.8 Å². The lowest BCUT2D eigenvalue weighted by Gasteiger charge is -2.17. The summed E-state index contributed by atoms with van der Waals surface area (Å²) in [5.74, 6) is 2.30. The van der Waals surface area contributed by atoms with Crippen molar-refractivity contribution in [2.45, 2.75) is 6.92 Å². The molecule has 2 aromatic heterocycles. The third-order valence-corrected chi connectivity index (χ3v) is 2.90. The molecule has 0 saturated carbocycles. The highest BCUT2D eigenvalue weighted by molar-refractivity contribution is 5.59. The Morgan fingerprint density at radius 2 is 2.00 bits per heavy atom. The van der Waals surface area contributed by atoms with Crippen LogP contribution in [0.3, 0.4) is 0 Å². The number of nitrogens with one attached hydrogen (secondary N) is 1. The van der Waals surface area contributed by atoms with Crippen LogP contribution in [0.25, 0.3) is 0 Å².